The number of halogens is 4. The van der Waals surface area contributed by atoms with Gasteiger partial charge in [0.1, 0.15) is 0 Å². The molecular weight excluding hydrogens is 308 g/mol. The first-order valence-corrected chi connectivity index (χ1v) is 5.61. The number of benzene rings is 1. The van der Waals surface area contributed by atoms with E-state index in [0.717, 1.165) is 0 Å². The molecule has 0 aliphatic rings. The van der Waals surface area contributed by atoms with Crippen molar-refractivity contribution in [3.05, 3.63) is 37.9 Å². The normalized spacial score (nSPS) is 10.9. The first-order chi connectivity index (χ1) is 6.61. The van der Waals surface area contributed by atoms with Crippen LogP contribution in [0.3, 0.4) is 0 Å². The predicted octanol–water partition coefficient (Wildman–Crippen LogP) is 4.96. The second-order valence-corrected chi connectivity index (χ2v) is 4.72. The number of nitrogens with zero attached hydrogens (tertiary/aromatic N) is 1. The molecule has 14 heavy (non-hydrogen) atoms. The molecule has 0 unspecified atom stereocenters. The Morgan fingerprint density at radius 3 is 2.43 bits per heavy atom. The van der Waals surface area contributed by atoms with Crippen LogP contribution in [0.1, 0.15) is 0 Å². The molecule has 5 heteroatoms. The van der Waals surface area contributed by atoms with Crippen molar-refractivity contribution in [3.8, 4) is 0 Å². The Kier molecular flexibility index (Phi) is 2.89. The van der Waals surface area contributed by atoms with Crippen LogP contribution in [0.2, 0.25) is 15.1 Å². The topological polar surface area (TPSA) is 12.9 Å². The van der Waals surface area contributed by atoms with Crippen molar-refractivity contribution in [2.24, 2.45) is 0 Å². The molecule has 72 valence electrons. The summed E-state index contributed by atoms with van der Waals surface area (Å²) in [6.07, 6.45) is 1.60. The molecule has 0 atom stereocenters. The number of rotatable bonds is 0. The molecule has 1 nitrogen and oxygen atoms in total. The molecule has 1 heterocycles. The second kappa shape index (κ2) is 3.86. The van der Waals surface area contributed by atoms with Crippen LogP contribution in [0.5, 0.6) is 0 Å². The summed E-state index contributed by atoms with van der Waals surface area (Å²) in [6, 6.07) is 3.40. The Bertz CT molecular complexity index is 513. The Labute approximate surface area is 104 Å². The molecule has 0 amide bonds. The van der Waals surface area contributed by atoms with E-state index in [-0.39, 0.29) is 0 Å². The van der Waals surface area contributed by atoms with Crippen molar-refractivity contribution in [2.45, 2.75) is 0 Å². The Balaban J connectivity index is 3.01. The summed E-state index contributed by atoms with van der Waals surface area (Å²) in [7, 11) is 0. The summed E-state index contributed by atoms with van der Waals surface area (Å²) in [4.78, 5) is 4.15. The van der Waals surface area contributed by atoms with Crippen molar-refractivity contribution in [3.63, 3.8) is 0 Å². The molecular formula is C9H3BrCl3N. The van der Waals surface area contributed by atoms with Gasteiger partial charge in [-0.2, -0.15) is 0 Å². The van der Waals surface area contributed by atoms with Crippen molar-refractivity contribution >= 4 is 61.6 Å². The zero-order chi connectivity index (χ0) is 10.3. The van der Waals surface area contributed by atoms with E-state index in [1.165, 1.54) is 0 Å². The van der Waals surface area contributed by atoms with Crippen LogP contribution in [-0.4, -0.2) is 4.98 Å². The first-order valence-electron chi connectivity index (χ1n) is 3.69. The number of hydrogen-bond acceptors (Lipinski definition) is 1. The van der Waals surface area contributed by atoms with Crippen LogP contribution >= 0.6 is 50.7 Å². The van der Waals surface area contributed by atoms with E-state index < -0.39 is 0 Å². The maximum absolute atomic E-state index is 6.07. The van der Waals surface area contributed by atoms with Gasteiger partial charge in [-0.05, 0) is 28.1 Å². The highest BCUT2D eigenvalue weighted by Gasteiger charge is 2.10. The number of hydrogen-bond donors (Lipinski definition) is 0. The Hall–Kier alpha value is -0.0200. The van der Waals surface area contributed by atoms with E-state index >= 15 is 0 Å². The highest BCUT2D eigenvalue weighted by Crippen LogP contribution is 2.36. The third kappa shape index (κ3) is 1.61. The molecule has 0 N–H and O–H groups in total. The lowest BCUT2D eigenvalue weighted by Crippen LogP contribution is -1.83. The molecule has 0 aliphatic carbocycles. The molecule has 0 saturated heterocycles. The van der Waals surface area contributed by atoms with E-state index in [9.17, 15) is 0 Å². The molecule has 0 spiro atoms. The highest BCUT2D eigenvalue weighted by atomic mass is 79.9. The minimum atomic E-state index is 0.530. The summed E-state index contributed by atoms with van der Waals surface area (Å²) in [5.74, 6) is 0. The number of aromatic nitrogens is 1. The van der Waals surface area contributed by atoms with Crippen LogP contribution in [0.25, 0.3) is 10.9 Å². The van der Waals surface area contributed by atoms with E-state index in [2.05, 4.69) is 20.9 Å². The van der Waals surface area contributed by atoms with Crippen molar-refractivity contribution in [1.29, 1.82) is 0 Å². The van der Waals surface area contributed by atoms with Crippen LogP contribution < -0.4 is 0 Å². The molecule has 1 aromatic heterocycles. The molecule has 0 radical (unpaired) electrons. The molecule has 2 rings (SSSR count). The summed E-state index contributed by atoms with van der Waals surface area (Å²) in [5, 5.41) is 2.29. The van der Waals surface area contributed by atoms with Crippen LogP contribution in [0, 0.1) is 0 Å². The maximum atomic E-state index is 6.07. The lowest BCUT2D eigenvalue weighted by Gasteiger charge is -2.05. The van der Waals surface area contributed by atoms with Crippen LogP contribution in [0.15, 0.2) is 22.8 Å². The molecule has 1 aromatic carbocycles. The molecule has 0 bridgehead atoms. The zero-order valence-electron chi connectivity index (χ0n) is 6.69. The first kappa shape index (κ1) is 10.5. The SMILES string of the molecule is Clc1ccc(Cl)c2c(Cl)c(Br)cnc12. The van der Waals surface area contributed by atoms with E-state index in [1.54, 1.807) is 18.3 Å². The number of pyridine rings is 1. The fourth-order valence-electron chi connectivity index (χ4n) is 1.17. The quantitative estimate of drug-likeness (QED) is 0.670. The smallest absolute Gasteiger partial charge is 0.0918 e. The highest BCUT2D eigenvalue weighted by molar-refractivity contribution is 9.10. The van der Waals surface area contributed by atoms with Gasteiger partial charge in [0.15, 0.2) is 0 Å². The van der Waals surface area contributed by atoms with Gasteiger partial charge < -0.3 is 0 Å². The lowest BCUT2D eigenvalue weighted by atomic mass is 10.2. The van der Waals surface area contributed by atoms with Gasteiger partial charge in [0.05, 0.1) is 25.1 Å². The molecule has 2 aromatic rings. The van der Waals surface area contributed by atoms with Gasteiger partial charge in [0.25, 0.3) is 0 Å². The van der Waals surface area contributed by atoms with Crippen molar-refractivity contribution in [1.82, 2.24) is 4.98 Å². The van der Waals surface area contributed by atoms with E-state index in [0.29, 0.717) is 30.4 Å². The monoisotopic (exact) mass is 309 g/mol. The molecule has 0 fully saturated rings. The summed E-state index contributed by atoms with van der Waals surface area (Å²) < 4.78 is 0.704. The van der Waals surface area contributed by atoms with Gasteiger partial charge in [0.2, 0.25) is 0 Å². The molecule has 0 saturated carbocycles. The van der Waals surface area contributed by atoms with Gasteiger partial charge in [-0.1, -0.05) is 34.8 Å². The van der Waals surface area contributed by atoms with Gasteiger partial charge >= 0.3 is 0 Å². The zero-order valence-corrected chi connectivity index (χ0v) is 10.5. The minimum Gasteiger partial charge on any atom is -0.253 e. The maximum Gasteiger partial charge on any atom is 0.0918 e. The van der Waals surface area contributed by atoms with Gasteiger partial charge in [-0.25, -0.2) is 0 Å². The summed E-state index contributed by atoms with van der Waals surface area (Å²) in [6.45, 7) is 0. The van der Waals surface area contributed by atoms with Crippen LogP contribution in [0.4, 0.5) is 0 Å². The lowest BCUT2D eigenvalue weighted by molar-refractivity contribution is 1.39. The van der Waals surface area contributed by atoms with Crippen molar-refractivity contribution in [2.75, 3.05) is 0 Å². The van der Waals surface area contributed by atoms with E-state index in [1.807, 2.05) is 0 Å². The van der Waals surface area contributed by atoms with Gasteiger partial charge in [0, 0.05) is 11.6 Å². The fourth-order valence-corrected chi connectivity index (χ4v) is 2.22. The largest absolute Gasteiger partial charge is 0.253 e. The minimum absolute atomic E-state index is 0.530. The number of fused-ring (bicyclic) bond motifs is 1. The van der Waals surface area contributed by atoms with Gasteiger partial charge in [-0.15, -0.1) is 0 Å². The third-order valence-electron chi connectivity index (χ3n) is 1.81. The standard InChI is InChI=1S/C9H3BrCl3N/c10-4-3-14-9-6(12)2-1-5(11)7(9)8(4)13/h1-3H. The van der Waals surface area contributed by atoms with Crippen LogP contribution in [-0.2, 0) is 0 Å². The average molecular weight is 311 g/mol. The fraction of sp³-hybridized carbons (Fsp3) is 0. The Morgan fingerprint density at radius 1 is 1.07 bits per heavy atom. The predicted molar refractivity (Wildman–Crippen MR) is 64.5 cm³/mol. The average Bonchev–Trinajstić information content (AvgIpc) is 2.16. The van der Waals surface area contributed by atoms with Gasteiger partial charge in [-0.3, -0.25) is 4.98 Å². The third-order valence-corrected chi connectivity index (χ3v) is 3.66. The summed E-state index contributed by atoms with van der Waals surface area (Å²) in [5.41, 5.74) is 0.618. The Morgan fingerprint density at radius 2 is 1.71 bits per heavy atom. The molecule has 0 aliphatic heterocycles. The van der Waals surface area contributed by atoms with Crippen molar-refractivity contribution < 1.29 is 0 Å². The summed E-state index contributed by atoms with van der Waals surface area (Å²) >= 11 is 21.3. The second-order valence-electron chi connectivity index (χ2n) is 2.67. The van der Waals surface area contributed by atoms with E-state index in [4.69, 9.17) is 34.8 Å².